The molecule has 0 unspecified atom stereocenters. The number of benzene rings is 1. The van der Waals surface area contributed by atoms with Gasteiger partial charge in [-0.3, -0.25) is 14.7 Å². The fraction of sp³-hybridized carbons (Fsp3) is 0.278. The Morgan fingerprint density at radius 1 is 1.24 bits per heavy atom. The van der Waals surface area contributed by atoms with Gasteiger partial charge in [-0.15, -0.1) is 0 Å². The summed E-state index contributed by atoms with van der Waals surface area (Å²) in [6.07, 6.45) is 3.52. The number of aromatic nitrogens is 2. The van der Waals surface area contributed by atoms with Gasteiger partial charge in [-0.2, -0.15) is 0 Å². The lowest BCUT2D eigenvalue weighted by molar-refractivity contribution is -0.143. The van der Waals surface area contributed by atoms with Gasteiger partial charge in [0.05, 0.1) is 10.2 Å². The van der Waals surface area contributed by atoms with E-state index in [-0.39, 0.29) is 0 Å². The first kappa shape index (κ1) is 16.0. The molecule has 3 heterocycles. The Balaban J connectivity index is 1.53. The highest BCUT2D eigenvalue weighted by Gasteiger charge is 2.33. The number of hydrogen-bond donors (Lipinski definition) is 1. The summed E-state index contributed by atoms with van der Waals surface area (Å²) >= 11 is 1.62. The molecule has 1 N–H and O–H groups in total. The van der Waals surface area contributed by atoms with Gasteiger partial charge in [-0.25, -0.2) is 4.98 Å². The highest BCUT2D eigenvalue weighted by atomic mass is 32.1. The zero-order valence-electron chi connectivity index (χ0n) is 13.6. The standard InChI is InChI=1S/C18H18N4O2S/c23-17(24)15-12-22(18-20-14-5-1-2-6-16(14)25-18)9-8-21(15)11-13-4-3-7-19-10-13/h1-7,10,15H,8-9,11-12H2,(H,23,24)/t15-/m1/s1. The van der Waals surface area contributed by atoms with Gasteiger partial charge in [0.15, 0.2) is 5.13 Å². The number of anilines is 1. The number of piperazine rings is 1. The fourth-order valence-electron chi connectivity index (χ4n) is 3.14. The van der Waals surface area contributed by atoms with E-state index in [1.54, 1.807) is 23.7 Å². The molecule has 0 radical (unpaired) electrons. The van der Waals surface area contributed by atoms with Crippen LogP contribution in [0.3, 0.4) is 0 Å². The van der Waals surface area contributed by atoms with Gasteiger partial charge in [-0.1, -0.05) is 29.5 Å². The molecular formula is C18H18N4O2S. The van der Waals surface area contributed by atoms with E-state index in [9.17, 15) is 9.90 Å². The molecule has 6 nitrogen and oxygen atoms in total. The summed E-state index contributed by atoms with van der Waals surface area (Å²) < 4.78 is 1.13. The van der Waals surface area contributed by atoms with E-state index in [0.717, 1.165) is 27.5 Å². The van der Waals surface area contributed by atoms with Crippen molar-refractivity contribution in [2.24, 2.45) is 0 Å². The third-order valence-electron chi connectivity index (χ3n) is 4.44. The summed E-state index contributed by atoms with van der Waals surface area (Å²) in [7, 11) is 0. The van der Waals surface area contributed by atoms with Crippen LogP contribution in [0.5, 0.6) is 0 Å². The van der Waals surface area contributed by atoms with E-state index < -0.39 is 12.0 Å². The maximum Gasteiger partial charge on any atom is 0.322 e. The number of carboxylic acid groups (broad SMARTS) is 1. The van der Waals surface area contributed by atoms with Crippen molar-refractivity contribution in [2.45, 2.75) is 12.6 Å². The average Bonchev–Trinajstić information content (AvgIpc) is 3.07. The highest BCUT2D eigenvalue weighted by Crippen LogP contribution is 2.30. The number of carboxylic acids is 1. The molecule has 1 aliphatic rings. The van der Waals surface area contributed by atoms with Crippen molar-refractivity contribution < 1.29 is 9.90 Å². The number of fused-ring (bicyclic) bond motifs is 1. The van der Waals surface area contributed by atoms with Crippen molar-refractivity contribution in [2.75, 3.05) is 24.5 Å². The van der Waals surface area contributed by atoms with Crippen molar-refractivity contribution in [1.82, 2.24) is 14.9 Å². The Bertz CT molecular complexity index is 850. The molecule has 0 amide bonds. The minimum absolute atomic E-state index is 0.440. The minimum Gasteiger partial charge on any atom is -0.480 e. The number of pyridine rings is 1. The van der Waals surface area contributed by atoms with E-state index in [1.807, 2.05) is 41.3 Å². The zero-order valence-corrected chi connectivity index (χ0v) is 14.4. The second-order valence-corrected chi connectivity index (χ2v) is 7.11. The molecule has 1 saturated heterocycles. The van der Waals surface area contributed by atoms with Crippen LogP contribution in [0.25, 0.3) is 10.2 Å². The smallest absolute Gasteiger partial charge is 0.322 e. The Morgan fingerprint density at radius 2 is 2.12 bits per heavy atom. The molecule has 1 atom stereocenters. The van der Waals surface area contributed by atoms with Gasteiger partial charge < -0.3 is 10.0 Å². The number of nitrogens with zero attached hydrogens (tertiary/aromatic N) is 4. The van der Waals surface area contributed by atoms with Crippen LogP contribution in [0.2, 0.25) is 0 Å². The predicted molar refractivity (Wildman–Crippen MR) is 97.9 cm³/mol. The van der Waals surface area contributed by atoms with Gasteiger partial charge in [0.25, 0.3) is 0 Å². The number of aliphatic carboxylic acids is 1. The van der Waals surface area contributed by atoms with Crippen molar-refractivity contribution >= 4 is 32.7 Å². The SMILES string of the molecule is O=C(O)[C@H]1CN(c2nc3ccccc3s2)CCN1Cc1cccnc1. The molecule has 2 aromatic heterocycles. The normalized spacial score (nSPS) is 18.6. The number of rotatable bonds is 4. The monoisotopic (exact) mass is 354 g/mol. The van der Waals surface area contributed by atoms with Crippen LogP contribution in [-0.2, 0) is 11.3 Å². The summed E-state index contributed by atoms with van der Waals surface area (Å²) in [5.41, 5.74) is 1.99. The molecule has 0 aliphatic carbocycles. The van der Waals surface area contributed by atoms with E-state index >= 15 is 0 Å². The Morgan fingerprint density at radius 3 is 2.88 bits per heavy atom. The fourth-order valence-corrected chi connectivity index (χ4v) is 4.14. The van der Waals surface area contributed by atoms with Gasteiger partial charge >= 0.3 is 5.97 Å². The van der Waals surface area contributed by atoms with Crippen LogP contribution in [0.15, 0.2) is 48.8 Å². The van der Waals surface area contributed by atoms with E-state index in [1.165, 1.54) is 0 Å². The maximum atomic E-state index is 11.8. The van der Waals surface area contributed by atoms with Crippen molar-refractivity contribution in [3.63, 3.8) is 0 Å². The topological polar surface area (TPSA) is 69.6 Å². The first-order valence-corrected chi connectivity index (χ1v) is 8.98. The highest BCUT2D eigenvalue weighted by molar-refractivity contribution is 7.22. The molecule has 1 aliphatic heterocycles. The molecule has 0 bridgehead atoms. The van der Waals surface area contributed by atoms with Crippen molar-refractivity contribution in [3.05, 3.63) is 54.4 Å². The Hall–Kier alpha value is -2.51. The maximum absolute atomic E-state index is 11.8. The second-order valence-electron chi connectivity index (χ2n) is 6.10. The third kappa shape index (κ3) is 3.33. The lowest BCUT2D eigenvalue weighted by Crippen LogP contribution is -2.56. The molecule has 128 valence electrons. The molecule has 7 heteroatoms. The molecule has 3 aromatic rings. The van der Waals surface area contributed by atoms with Crippen LogP contribution >= 0.6 is 11.3 Å². The summed E-state index contributed by atoms with van der Waals surface area (Å²) in [4.78, 5) is 24.7. The Kier molecular flexibility index (Phi) is 4.33. The lowest BCUT2D eigenvalue weighted by Gasteiger charge is -2.39. The number of para-hydroxylation sites is 1. The summed E-state index contributed by atoms with van der Waals surface area (Å²) in [5, 5.41) is 10.6. The third-order valence-corrected chi connectivity index (χ3v) is 5.54. The molecule has 1 fully saturated rings. The van der Waals surface area contributed by atoms with Crippen LogP contribution in [-0.4, -0.2) is 51.6 Å². The van der Waals surface area contributed by atoms with Gasteiger partial charge in [0.2, 0.25) is 0 Å². The first-order valence-electron chi connectivity index (χ1n) is 8.17. The molecule has 25 heavy (non-hydrogen) atoms. The van der Waals surface area contributed by atoms with Crippen LogP contribution in [0.1, 0.15) is 5.56 Å². The summed E-state index contributed by atoms with van der Waals surface area (Å²) in [6.45, 7) is 2.49. The second kappa shape index (κ2) is 6.78. The zero-order chi connectivity index (χ0) is 17.2. The molecule has 0 spiro atoms. The van der Waals surface area contributed by atoms with Crippen LogP contribution in [0, 0.1) is 0 Å². The van der Waals surface area contributed by atoms with Crippen LogP contribution < -0.4 is 4.90 Å². The molecule has 4 rings (SSSR count). The van der Waals surface area contributed by atoms with E-state index in [4.69, 9.17) is 0 Å². The number of thiazole rings is 1. The molecule has 0 saturated carbocycles. The van der Waals surface area contributed by atoms with Gasteiger partial charge in [-0.05, 0) is 23.8 Å². The molecule has 1 aromatic carbocycles. The molecular weight excluding hydrogens is 336 g/mol. The number of hydrogen-bond acceptors (Lipinski definition) is 6. The number of carbonyl (C=O) groups is 1. The minimum atomic E-state index is -0.797. The lowest BCUT2D eigenvalue weighted by atomic mass is 10.1. The summed E-state index contributed by atoms with van der Waals surface area (Å²) in [5.74, 6) is -0.797. The van der Waals surface area contributed by atoms with E-state index in [2.05, 4.69) is 14.9 Å². The quantitative estimate of drug-likeness (QED) is 0.776. The van der Waals surface area contributed by atoms with E-state index in [0.29, 0.717) is 19.6 Å². The largest absolute Gasteiger partial charge is 0.480 e. The first-order chi connectivity index (χ1) is 12.2. The van der Waals surface area contributed by atoms with Gasteiger partial charge in [0.1, 0.15) is 6.04 Å². The van der Waals surface area contributed by atoms with Gasteiger partial charge in [0, 0.05) is 38.6 Å². The van der Waals surface area contributed by atoms with Crippen molar-refractivity contribution in [3.8, 4) is 0 Å². The average molecular weight is 354 g/mol. The van der Waals surface area contributed by atoms with Crippen molar-refractivity contribution in [1.29, 1.82) is 0 Å². The Labute approximate surface area is 149 Å². The summed E-state index contributed by atoms with van der Waals surface area (Å²) in [6, 6.07) is 11.3. The predicted octanol–water partition coefficient (Wildman–Crippen LogP) is 2.47. The van der Waals surface area contributed by atoms with Crippen LogP contribution in [0.4, 0.5) is 5.13 Å².